The van der Waals surface area contributed by atoms with E-state index < -0.39 is 0 Å². The Hall–Kier alpha value is 0.337. The minimum atomic E-state index is 0. The van der Waals surface area contributed by atoms with Gasteiger partial charge in [0, 0.05) is 0 Å². The summed E-state index contributed by atoms with van der Waals surface area (Å²) < 4.78 is 0. The zero-order valence-electron chi connectivity index (χ0n) is 10.4. The van der Waals surface area contributed by atoms with Crippen molar-refractivity contribution >= 4 is 0 Å². The molecular formula is C13H25Li. The third-order valence-corrected chi connectivity index (χ3v) is 2.55. The van der Waals surface area contributed by atoms with Gasteiger partial charge in [0.2, 0.25) is 0 Å². The van der Waals surface area contributed by atoms with E-state index in [0.29, 0.717) is 0 Å². The Morgan fingerprint density at radius 3 is 2.36 bits per heavy atom. The summed E-state index contributed by atoms with van der Waals surface area (Å²) in [6.45, 7) is 8.43. The van der Waals surface area contributed by atoms with E-state index in [1.807, 2.05) is 0 Å². The smallest absolute Gasteiger partial charge is 0.343 e. The third kappa shape index (κ3) is 12.3. The molecule has 0 amide bonds. The Kier molecular flexibility index (Phi) is 16.0. The standard InChI is InChI=1S/C13H25.Li/c1-4-6-7-8-9-10-11-12-13(3)5-2;/h7-8,13H,1,4-6,9-12H2,2-3H3;/q-1;+1/b8-7-;. The maximum absolute atomic E-state index is 3.80. The van der Waals surface area contributed by atoms with Gasteiger partial charge in [0.15, 0.2) is 0 Å². The maximum atomic E-state index is 3.80. The number of hydrogen-bond acceptors (Lipinski definition) is 0. The second-order valence-corrected chi connectivity index (χ2v) is 3.91. The van der Waals surface area contributed by atoms with Crippen molar-refractivity contribution in [3.8, 4) is 0 Å². The van der Waals surface area contributed by atoms with Crippen LogP contribution in [0.2, 0.25) is 0 Å². The SMILES string of the molecule is [CH2-]CC/C=C\CCCCC(C)CC.[Li+]. The molecule has 0 heterocycles. The first-order valence-corrected chi connectivity index (χ1v) is 5.75. The molecule has 0 aromatic rings. The predicted molar refractivity (Wildman–Crippen MR) is 61.7 cm³/mol. The summed E-state index contributed by atoms with van der Waals surface area (Å²) >= 11 is 0. The molecule has 0 spiro atoms. The van der Waals surface area contributed by atoms with Crippen molar-refractivity contribution in [2.75, 3.05) is 0 Å². The summed E-state index contributed by atoms with van der Waals surface area (Å²) in [6, 6.07) is 0. The van der Waals surface area contributed by atoms with E-state index in [4.69, 9.17) is 0 Å². The average Bonchev–Trinajstić information content (AvgIpc) is 2.16. The van der Waals surface area contributed by atoms with E-state index in [2.05, 4.69) is 32.9 Å². The molecule has 1 unspecified atom stereocenters. The molecule has 1 atom stereocenters. The average molecular weight is 188 g/mol. The first-order chi connectivity index (χ1) is 6.31. The second-order valence-electron chi connectivity index (χ2n) is 3.91. The van der Waals surface area contributed by atoms with E-state index in [-0.39, 0.29) is 18.9 Å². The first-order valence-electron chi connectivity index (χ1n) is 5.75. The van der Waals surface area contributed by atoms with Crippen molar-refractivity contribution in [3.63, 3.8) is 0 Å². The van der Waals surface area contributed by atoms with E-state index in [0.717, 1.165) is 18.8 Å². The van der Waals surface area contributed by atoms with Crippen LogP contribution in [0.4, 0.5) is 0 Å². The molecule has 0 saturated carbocycles. The van der Waals surface area contributed by atoms with Gasteiger partial charge in [0.25, 0.3) is 0 Å². The molecule has 0 aromatic carbocycles. The molecule has 0 aliphatic heterocycles. The van der Waals surface area contributed by atoms with Gasteiger partial charge in [0.05, 0.1) is 0 Å². The Balaban J connectivity index is 0. The summed E-state index contributed by atoms with van der Waals surface area (Å²) in [7, 11) is 0. The van der Waals surface area contributed by atoms with Crippen LogP contribution < -0.4 is 18.9 Å². The van der Waals surface area contributed by atoms with Crippen molar-refractivity contribution in [3.05, 3.63) is 19.1 Å². The number of rotatable bonds is 8. The number of hydrogen-bond donors (Lipinski definition) is 0. The molecule has 0 fully saturated rings. The molecule has 0 aromatic heterocycles. The van der Waals surface area contributed by atoms with Crippen LogP contribution in [-0.4, -0.2) is 0 Å². The molecule has 0 nitrogen and oxygen atoms in total. The Morgan fingerprint density at radius 2 is 1.79 bits per heavy atom. The third-order valence-electron chi connectivity index (χ3n) is 2.55. The molecule has 0 saturated heterocycles. The molecule has 0 aliphatic carbocycles. The topological polar surface area (TPSA) is 0 Å². The zero-order chi connectivity index (χ0) is 9.94. The van der Waals surface area contributed by atoms with Crippen molar-refractivity contribution < 1.29 is 18.9 Å². The molecule has 1 heteroatoms. The minimum Gasteiger partial charge on any atom is -0.343 e. The van der Waals surface area contributed by atoms with Gasteiger partial charge in [-0.2, -0.15) is 6.42 Å². The summed E-state index contributed by atoms with van der Waals surface area (Å²) in [6.07, 6.45) is 13.5. The number of unbranched alkanes of at least 4 members (excludes halogenated alkanes) is 3. The van der Waals surface area contributed by atoms with E-state index in [9.17, 15) is 0 Å². The predicted octanol–water partition coefficient (Wildman–Crippen LogP) is 1.77. The fourth-order valence-electron chi connectivity index (χ4n) is 1.31. The Bertz CT molecular complexity index is 118. The van der Waals surface area contributed by atoms with Crippen molar-refractivity contribution in [2.24, 2.45) is 5.92 Å². The van der Waals surface area contributed by atoms with Crippen LogP contribution in [0.25, 0.3) is 0 Å². The Labute approximate surface area is 103 Å². The van der Waals surface area contributed by atoms with Gasteiger partial charge >= 0.3 is 18.9 Å². The van der Waals surface area contributed by atoms with Crippen molar-refractivity contribution in [2.45, 2.75) is 58.8 Å². The largest absolute Gasteiger partial charge is 1.00 e. The van der Waals surface area contributed by atoms with Crippen LogP contribution in [0, 0.1) is 12.8 Å². The van der Waals surface area contributed by atoms with Crippen LogP contribution in [0.15, 0.2) is 12.2 Å². The fraction of sp³-hybridized carbons (Fsp3) is 0.769. The quantitative estimate of drug-likeness (QED) is 0.236. The molecule has 78 valence electrons. The molecular weight excluding hydrogens is 163 g/mol. The van der Waals surface area contributed by atoms with Gasteiger partial charge < -0.3 is 6.92 Å². The van der Waals surface area contributed by atoms with Crippen LogP contribution in [0.5, 0.6) is 0 Å². The molecule has 0 bridgehead atoms. The van der Waals surface area contributed by atoms with Gasteiger partial charge in [-0.3, -0.25) is 0 Å². The second kappa shape index (κ2) is 13.3. The number of allylic oxidation sites excluding steroid dienone is 2. The van der Waals surface area contributed by atoms with Crippen LogP contribution in [0.3, 0.4) is 0 Å². The first kappa shape index (κ1) is 16.8. The van der Waals surface area contributed by atoms with E-state index >= 15 is 0 Å². The van der Waals surface area contributed by atoms with E-state index in [1.54, 1.807) is 0 Å². The Morgan fingerprint density at radius 1 is 1.14 bits per heavy atom. The monoisotopic (exact) mass is 188 g/mol. The summed E-state index contributed by atoms with van der Waals surface area (Å²) in [5.74, 6) is 0.920. The zero-order valence-corrected chi connectivity index (χ0v) is 10.4. The summed E-state index contributed by atoms with van der Waals surface area (Å²) in [4.78, 5) is 0. The van der Waals surface area contributed by atoms with Crippen LogP contribution in [0.1, 0.15) is 58.8 Å². The van der Waals surface area contributed by atoms with E-state index in [1.165, 1.54) is 32.1 Å². The van der Waals surface area contributed by atoms with Gasteiger partial charge in [0.1, 0.15) is 0 Å². The van der Waals surface area contributed by atoms with Crippen LogP contribution in [-0.2, 0) is 0 Å². The summed E-state index contributed by atoms with van der Waals surface area (Å²) in [5, 5.41) is 0. The molecule has 0 N–H and O–H groups in total. The molecule has 0 rings (SSSR count). The van der Waals surface area contributed by atoms with Gasteiger partial charge in [-0.05, 0) is 18.8 Å². The van der Waals surface area contributed by atoms with Crippen molar-refractivity contribution in [1.29, 1.82) is 0 Å². The van der Waals surface area contributed by atoms with Gasteiger partial charge in [-0.25, -0.2) is 0 Å². The minimum absolute atomic E-state index is 0. The van der Waals surface area contributed by atoms with Crippen LogP contribution >= 0.6 is 0 Å². The van der Waals surface area contributed by atoms with Crippen molar-refractivity contribution in [1.82, 2.24) is 0 Å². The normalized spacial score (nSPS) is 12.8. The van der Waals surface area contributed by atoms with Gasteiger partial charge in [-0.1, -0.05) is 51.7 Å². The van der Waals surface area contributed by atoms with Gasteiger partial charge in [-0.15, -0.1) is 0 Å². The maximum Gasteiger partial charge on any atom is 1.00 e. The molecule has 14 heavy (non-hydrogen) atoms. The molecule has 0 aliphatic rings. The fourth-order valence-corrected chi connectivity index (χ4v) is 1.31. The summed E-state index contributed by atoms with van der Waals surface area (Å²) in [5.41, 5.74) is 0. The molecule has 0 radical (unpaired) electrons.